The molecule has 0 aliphatic rings. The lowest BCUT2D eigenvalue weighted by atomic mass is 10.1. The van der Waals surface area contributed by atoms with Crippen LogP contribution in [0.4, 0.5) is 0 Å². The molecule has 0 aliphatic carbocycles. The highest BCUT2D eigenvalue weighted by molar-refractivity contribution is 6.06. The molecule has 2 aromatic carbocycles. The highest BCUT2D eigenvalue weighted by Crippen LogP contribution is 2.25. The molecule has 0 bridgehead atoms. The largest absolute Gasteiger partial charge is 0.355 e. The summed E-state index contributed by atoms with van der Waals surface area (Å²) in [5, 5.41) is 7.80. The molecular formula is C26H26N6O3. The van der Waals surface area contributed by atoms with Crippen LogP contribution in [0.1, 0.15) is 26.2 Å². The van der Waals surface area contributed by atoms with E-state index in [2.05, 4.69) is 34.3 Å². The van der Waals surface area contributed by atoms with Crippen LogP contribution in [0.3, 0.4) is 0 Å². The third kappa shape index (κ3) is 4.57. The monoisotopic (exact) mass is 470 g/mol. The first-order chi connectivity index (χ1) is 17.0. The van der Waals surface area contributed by atoms with Crippen molar-refractivity contribution in [2.45, 2.75) is 33.4 Å². The van der Waals surface area contributed by atoms with Crippen LogP contribution >= 0.6 is 0 Å². The summed E-state index contributed by atoms with van der Waals surface area (Å²) in [7, 11) is 0. The average Bonchev–Trinajstić information content (AvgIpc) is 3.45. The average molecular weight is 471 g/mol. The number of carbonyl (C=O) groups excluding carboxylic acids is 1. The molecule has 0 radical (unpaired) electrons. The zero-order chi connectivity index (χ0) is 24.4. The van der Waals surface area contributed by atoms with Gasteiger partial charge >= 0.3 is 0 Å². The molecule has 0 saturated carbocycles. The van der Waals surface area contributed by atoms with Gasteiger partial charge in [0.25, 0.3) is 5.56 Å². The Bertz CT molecular complexity index is 1550. The van der Waals surface area contributed by atoms with E-state index in [1.807, 2.05) is 54.6 Å². The van der Waals surface area contributed by atoms with Gasteiger partial charge in [-0.15, -0.1) is 0 Å². The van der Waals surface area contributed by atoms with Gasteiger partial charge in [0.05, 0.1) is 11.8 Å². The minimum absolute atomic E-state index is 0.0295. The fourth-order valence-electron chi connectivity index (χ4n) is 4.09. The Morgan fingerprint density at radius 1 is 1.09 bits per heavy atom. The zero-order valence-corrected chi connectivity index (χ0v) is 19.6. The summed E-state index contributed by atoms with van der Waals surface area (Å²) in [6.07, 6.45) is 2.37. The number of para-hydroxylation sites is 1. The zero-order valence-electron chi connectivity index (χ0n) is 19.6. The van der Waals surface area contributed by atoms with Gasteiger partial charge in [-0.3, -0.25) is 14.2 Å². The summed E-state index contributed by atoms with van der Waals surface area (Å²) in [6.45, 7) is 4.92. The molecule has 5 rings (SSSR count). The summed E-state index contributed by atoms with van der Waals surface area (Å²) in [5.41, 5.74) is 2.27. The Hall–Kier alpha value is -4.27. The van der Waals surface area contributed by atoms with Crippen molar-refractivity contribution in [2.24, 2.45) is 5.92 Å². The number of benzene rings is 2. The molecular weight excluding hydrogens is 444 g/mol. The van der Waals surface area contributed by atoms with Crippen molar-refractivity contribution in [3.8, 4) is 11.4 Å². The van der Waals surface area contributed by atoms with Crippen molar-refractivity contribution >= 4 is 27.8 Å². The van der Waals surface area contributed by atoms with Gasteiger partial charge in [-0.2, -0.15) is 4.98 Å². The Morgan fingerprint density at radius 2 is 1.86 bits per heavy atom. The smallest absolute Gasteiger partial charge is 0.278 e. The van der Waals surface area contributed by atoms with Crippen LogP contribution in [0.25, 0.3) is 33.3 Å². The second kappa shape index (κ2) is 9.54. The number of hydrogen-bond acceptors (Lipinski definition) is 6. The number of carbonyl (C=O) groups is 1. The number of amides is 1. The van der Waals surface area contributed by atoms with E-state index in [0.29, 0.717) is 35.2 Å². The first-order valence-corrected chi connectivity index (χ1v) is 11.6. The summed E-state index contributed by atoms with van der Waals surface area (Å²) in [4.78, 5) is 35.3. The molecule has 0 spiro atoms. The van der Waals surface area contributed by atoms with E-state index in [4.69, 9.17) is 4.52 Å². The van der Waals surface area contributed by atoms with Crippen LogP contribution < -0.4 is 10.9 Å². The molecule has 1 amide bonds. The normalized spacial score (nSPS) is 11.5. The van der Waals surface area contributed by atoms with Gasteiger partial charge in [-0.1, -0.05) is 67.5 Å². The van der Waals surface area contributed by atoms with Crippen molar-refractivity contribution in [3.05, 3.63) is 77.2 Å². The number of fused-ring (bicyclic) bond motifs is 3. The lowest BCUT2D eigenvalue weighted by molar-refractivity contribution is -0.121. The fraction of sp³-hybridized carbons (Fsp3) is 0.269. The number of hydrogen-bond donors (Lipinski definition) is 1. The van der Waals surface area contributed by atoms with Crippen LogP contribution in [0.2, 0.25) is 0 Å². The maximum Gasteiger partial charge on any atom is 0.278 e. The molecule has 5 aromatic rings. The molecule has 0 aliphatic heterocycles. The highest BCUT2D eigenvalue weighted by Gasteiger charge is 2.19. The van der Waals surface area contributed by atoms with Crippen molar-refractivity contribution in [3.63, 3.8) is 0 Å². The maximum absolute atomic E-state index is 13.6. The lowest BCUT2D eigenvalue weighted by Crippen LogP contribution is -2.30. The maximum atomic E-state index is 13.6. The van der Waals surface area contributed by atoms with Crippen LogP contribution in [0, 0.1) is 5.92 Å². The predicted octanol–water partition coefficient (Wildman–Crippen LogP) is 3.61. The van der Waals surface area contributed by atoms with E-state index >= 15 is 0 Å². The molecule has 178 valence electrons. The van der Waals surface area contributed by atoms with E-state index in [1.165, 1.54) is 10.9 Å². The third-order valence-corrected chi connectivity index (χ3v) is 5.89. The van der Waals surface area contributed by atoms with Crippen molar-refractivity contribution in [2.75, 3.05) is 6.54 Å². The highest BCUT2D eigenvalue weighted by atomic mass is 16.5. The molecule has 3 heterocycles. The van der Waals surface area contributed by atoms with E-state index in [9.17, 15) is 9.59 Å². The lowest BCUT2D eigenvalue weighted by Gasteiger charge is -2.10. The van der Waals surface area contributed by atoms with E-state index in [0.717, 1.165) is 22.9 Å². The molecule has 0 unspecified atom stereocenters. The van der Waals surface area contributed by atoms with Crippen molar-refractivity contribution in [1.82, 2.24) is 29.6 Å². The van der Waals surface area contributed by atoms with Gasteiger partial charge in [0, 0.05) is 17.5 Å². The predicted molar refractivity (Wildman–Crippen MR) is 133 cm³/mol. The van der Waals surface area contributed by atoms with Crippen LogP contribution in [0.5, 0.6) is 0 Å². The molecule has 35 heavy (non-hydrogen) atoms. The number of nitrogens with zero attached hydrogens (tertiary/aromatic N) is 5. The second-order valence-electron chi connectivity index (χ2n) is 8.89. The van der Waals surface area contributed by atoms with Crippen LogP contribution in [-0.4, -0.2) is 36.7 Å². The van der Waals surface area contributed by atoms with Gasteiger partial charge in [0.1, 0.15) is 24.1 Å². The van der Waals surface area contributed by atoms with Gasteiger partial charge in [0.2, 0.25) is 17.6 Å². The SMILES string of the molecule is CC(C)CCNC(=O)Cn1c2ccccc2c2ncn(Cc3nc(-c4ccccc4)no3)c(=O)c21. The summed E-state index contributed by atoms with van der Waals surface area (Å²) < 4.78 is 8.56. The number of aromatic nitrogens is 5. The number of nitrogens with one attached hydrogen (secondary N) is 1. The van der Waals surface area contributed by atoms with Gasteiger partial charge in [-0.05, 0) is 18.4 Å². The first kappa shape index (κ1) is 22.5. The van der Waals surface area contributed by atoms with E-state index in [-0.39, 0.29) is 24.6 Å². The first-order valence-electron chi connectivity index (χ1n) is 11.6. The Morgan fingerprint density at radius 3 is 2.66 bits per heavy atom. The summed E-state index contributed by atoms with van der Waals surface area (Å²) in [5.74, 6) is 1.09. The number of rotatable bonds is 8. The summed E-state index contributed by atoms with van der Waals surface area (Å²) in [6, 6.07) is 17.1. The molecule has 9 nitrogen and oxygen atoms in total. The Labute approximate surface area is 201 Å². The van der Waals surface area contributed by atoms with Gasteiger partial charge in [0.15, 0.2) is 0 Å². The topological polar surface area (TPSA) is 108 Å². The third-order valence-electron chi connectivity index (χ3n) is 5.89. The minimum atomic E-state index is -0.277. The van der Waals surface area contributed by atoms with Gasteiger partial charge < -0.3 is 14.4 Å². The molecule has 0 fully saturated rings. The Balaban J connectivity index is 1.50. The fourth-order valence-corrected chi connectivity index (χ4v) is 4.09. The van der Waals surface area contributed by atoms with Crippen LogP contribution in [0.15, 0.2) is 70.2 Å². The second-order valence-corrected chi connectivity index (χ2v) is 8.89. The minimum Gasteiger partial charge on any atom is -0.355 e. The summed E-state index contributed by atoms with van der Waals surface area (Å²) >= 11 is 0. The molecule has 9 heteroatoms. The molecule has 3 aromatic heterocycles. The Kier molecular flexibility index (Phi) is 6.13. The standard InChI is InChI=1S/C26H26N6O3/c1-17(2)12-13-27-21(33)14-32-20-11-7-6-10-19(20)23-24(32)26(34)31(16-28-23)15-22-29-25(30-35-22)18-8-4-3-5-9-18/h3-11,16-17H,12-15H2,1-2H3,(H,27,33). The van der Waals surface area contributed by atoms with E-state index < -0.39 is 0 Å². The van der Waals surface area contributed by atoms with Gasteiger partial charge in [-0.25, -0.2) is 4.98 Å². The van der Waals surface area contributed by atoms with Crippen molar-refractivity contribution < 1.29 is 9.32 Å². The van der Waals surface area contributed by atoms with Crippen LogP contribution in [-0.2, 0) is 17.9 Å². The quantitative estimate of drug-likeness (QED) is 0.371. The molecule has 0 atom stereocenters. The van der Waals surface area contributed by atoms with E-state index in [1.54, 1.807) is 4.57 Å². The molecule has 1 N–H and O–H groups in total. The van der Waals surface area contributed by atoms with Crippen molar-refractivity contribution in [1.29, 1.82) is 0 Å². The molecule has 0 saturated heterocycles.